The third-order valence-electron chi connectivity index (χ3n) is 3.40. The summed E-state index contributed by atoms with van der Waals surface area (Å²) in [5, 5.41) is 0. The van der Waals surface area contributed by atoms with Gasteiger partial charge in [0.25, 0.3) is 0 Å². The first-order valence-corrected chi connectivity index (χ1v) is 5.76. The predicted molar refractivity (Wildman–Crippen MR) is 58.5 cm³/mol. The number of imidazole rings is 1. The van der Waals surface area contributed by atoms with E-state index in [0.29, 0.717) is 11.8 Å². The highest BCUT2D eigenvalue weighted by Crippen LogP contribution is 2.25. The molecule has 0 amide bonds. The smallest absolute Gasteiger partial charge is 0.109 e. The van der Waals surface area contributed by atoms with Gasteiger partial charge in [0, 0.05) is 11.6 Å². The molecule has 0 fully saturated rings. The Morgan fingerprint density at radius 3 is 2.50 bits per heavy atom. The fourth-order valence-electron chi connectivity index (χ4n) is 2.01. The summed E-state index contributed by atoms with van der Waals surface area (Å²) in [6, 6.07) is 0. The van der Waals surface area contributed by atoms with Crippen molar-refractivity contribution in [1.29, 1.82) is 0 Å². The quantitative estimate of drug-likeness (QED) is 0.766. The van der Waals surface area contributed by atoms with E-state index < -0.39 is 0 Å². The number of aryl methyl sites for hydroxylation is 2. The molecule has 2 nitrogen and oxygen atoms in total. The van der Waals surface area contributed by atoms with Crippen LogP contribution in [-0.4, -0.2) is 9.97 Å². The molecule has 0 saturated heterocycles. The van der Waals surface area contributed by atoms with Crippen LogP contribution in [0.5, 0.6) is 0 Å². The summed E-state index contributed by atoms with van der Waals surface area (Å²) < 4.78 is 0. The lowest BCUT2D eigenvalue weighted by Crippen LogP contribution is -2.04. The Balaban J connectivity index is 2.23. The number of rotatable bonds is 2. The predicted octanol–water partition coefficient (Wildman–Crippen LogP) is 3.05. The van der Waals surface area contributed by atoms with Gasteiger partial charge in [0.05, 0.1) is 5.69 Å². The van der Waals surface area contributed by atoms with Crippen molar-refractivity contribution in [2.45, 2.75) is 52.4 Å². The van der Waals surface area contributed by atoms with E-state index in [4.69, 9.17) is 4.98 Å². The summed E-state index contributed by atoms with van der Waals surface area (Å²) in [5.41, 5.74) is 2.73. The molecule has 0 aromatic carbocycles. The van der Waals surface area contributed by atoms with Crippen molar-refractivity contribution in [2.75, 3.05) is 0 Å². The van der Waals surface area contributed by atoms with Gasteiger partial charge in [-0.2, -0.15) is 0 Å². The van der Waals surface area contributed by atoms with Crippen LogP contribution in [0.3, 0.4) is 0 Å². The zero-order chi connectivity index (χ0) is 10.1. The SMILES string of the molecule is CC(C)C(C)c1nc2c([nH]1)CCCC2. The summed E-state index contributed by atoms with van der Waals surface area (Å²) in [4.78, 5) is 8.22. The molecule has 0 saturated carbocycles. The van der Waals surface area contributed by atoms with Gasteiger partial charge in [-0.05, 0) is 31.6 Å². The molecule has 0 radical (unpaired) electrons. The number of aromatic amines is 1. The third kappa shape index (κ3) is 1.70. The lowest BCUT2D eigenvalue weighted by Gasteiger charge is -2.11. The van der Waals surface area contributed by atoms with E-state index in [0.717, 1.165) is 0 Å². The molecule has 1 aliphatic rings. The Kier molecular flexibility index (Phi) is 2.62. The lowest BCUT2D eigenvalue weighted by molar-refractivity contribution is 0.513. The standard InChI is InChI=1S/C12H20N2/c1-8(2)9(3)12-13-10-6-4-5-7-11(10)14-12/h8-9H,4-7H2,1-3H3,(H,13,14). The second-order valence-electron chi connectivity index (χ2n) is 4.79. The largest absolute Gasteiger partial charge is 0.345 e. The number of hydrogen-bond acceptors (Lipinski definition) is 1. The van der Waals surface area contributed by atoms with Gasteiger partial charge in [0.15, 0.2) is 0 Å². The van der Waals surface area contributed by atoms with E-state index in [9.17, 15) is 0 Å². The van der Waals surface area contributed by atoms with Crippen LogP contribution in [0.1, 0.15) is 56.7 Å². The van der Waals surface area contributed by atoms with E-state index in [1.165, 1.54) is 42.9 Å². The average Bonchev–Trinajstić information content (AvgIpc) is 2.59. The molecule has 2 rings (SSSR count). The van der Waals surface area contributed by atoms with Gasteiger partial charge in [-0.1, -0.05) is 20.8 Å². The molecule has 2 heteroatoms. The van der Waals surface area contributed by atoms with Gasteiger partial charge in [-0.25, -0.2) is 4.98 Å². The summed E-state index contributed by atoms with van der Waals surface area (Å²) in [6.07, 6.45) is 5.02. The molecule has 0 spiro atoms. The molecular weight excluding hydrogens is 172 g/mol. The Morgan fingerprint density at radius 1 is 1.14 bits per heavy atom. The van der Waals surface area contributed by atoms with Crippen LogP contribution in [-0.2, 0) is 12.8 Å². The maximum absolute atomic E-state index is 4.72. The fraction of sp³-hybridized carbons (Fsp3) is 0.750. The van der Waals surface area contributed by atoms with Crippen LogP contribution in [0, 0.1) is 5.92 Å². The highest BCUT2D eigenvalue weighted by molar-refractivity contribution is 5.19. The van der Waals surface area contributed by atoms with E-state index in [1.807, 2.05) is 0 Å². The Labute approximate surface area is 86.1 Å². The molecule has 0 bridgehead atoms. The molecular formula is C12H20N2. The van der Waals surface area contributed by atoms with Crippen molar-refractivity contribution in [2.24, 2.45) is 5.92 Å². The molecule has 0 aliphatic heterocycles. The van der Waals surface area contributed by atoms with Crippen LogP contribution in [0.4, 0.5) is 0 Å². The van der Waals surface area contributed by atoms with E-state index in [-0.39, 0.29) is 0 Å². The zero-order valence-corrected chi connectivity index (χ0v) is 9.43. The second kappa shape index (κ2) is 3.76. The van der Waals surface area contributed by atoms with Crippen molar-refractivity contribution in [3.8, 4) is 0 Å². The van der Waals surface area contributed by atoms with Gasteiger partial charge >= 0.3 is 0 Å². The molecule has 1 unspecified atom stereocenters. The van der Waals surface area contributed by atoms with E-state index in [2.05, 4.69) is 25.8 Å². The first kappa shape index (κ1) is 9.75. The molecule has 1 atom stereocenters. The van der Waals surface area contributed by atoms with Gasteiger partial charge in [-0.15, -0.1) is 0 Å². The summed E-state index contributed by atoms with van der Waals surface area (Å²) in [5.74, 6) is 2.43. The lowest BCUT2D eigenvalue weighted by atomic mass is 9.98. The molecule has 1 aliphatic carbocycles. The molecule has 1 aromatic rings. The van der Waals surface area contributed by atoms with Crippen molar-refractivity contribution in [3.63, 3.8) is 0 Å². The monoisotopic (exact) mass is 192 g/mol. The maximum atomic E-state index is 4.72. The first-order chi connectivity index (χ1) is 6.68. The zero-order valence-electron chi connectivity index (χ0n) is 9.43. The number of nitrogens with one attached hydrogen (secondary N) is 1. The second-order valence-corrected chi connectivity index (χ2v) is 4.79. The fourth-order valence-corrected chi connectivity index (χ4v) is 2.01. The molecule has 1 heterocycles. The Hall–Kier alpha value is -0.790. The van der Waals surface area contributed by atoms with Crippen LogP contribution in [0.2, 0.25) is 0 Å². The number of aromatic nitrogens is 2. The number of H-pyrrole nitrogens is 1. The summed E-state index contributed by atoms with van der Waals surface area (Å²) in [6.45, 7) is 6.77. The van der Waals surface area contributed by atoms with Gasteiger partial charge in [0.2, 0.25) is 0 Å². The minimum Gasteiger partial charge on any atom is -0.345 e. The summed E-state index contributed by atoms with van der Waals surface area (Å²) in [7, 11) is 0. The van der Waals surface area contributed by atoms with Crippen molar-refractivity contribution < 1.29 is 0 Å². The van der Waals surface area contributed by atoms with Crippen molar-refractivity contribution in [3.05, 3.63) is 17.2 Å². The number of fused-ring (bicyclic) bond motifs is 1. The average molecular weight is 192 g/mol. The molecule has 1 aromatic heterocycles. The van der Waals surface area contributed by atoms with E-state index in [1.54, 1.807) is 0 Å². The van der Waals surface area contributed by atoms with Gasteiger partial charge < -0.3 is 4.98 Å². The Bertz CT molecular complexity index is 289. The normalized spacial score (nSPS) is 18.3. The minimum atomic E-state index is 0.556. The van der Waals surface area contributed by atoms with Crippen molar-refractivity contribution in [1.82, 2.24) is 9.97 Å². The third-order valence-corrected chi connectivity index (χ3v) is 3.40. The molecule has 14 heavy (non-hydrogen) atoms. The highest BCUT2D eigenvalue weighted by Gasteiger charge is 2.18. The highest BCUT2D eigenvalue weighted by atomic mass is 14.9. The van der Waals surface area contributed by atoms with Gasteiger partial charge in [-0.3, -0.25) is 0 Å². The van der Waals surface area contributed by atoms with Crippen LogP contribution in [0.25, 0.3) is 0 Å². The first-order valence-electron chi connectivity index (χ1n) is 5.76. The molecule has 78 valence electrons. The topological polar surface area (TPSA) is 28.7 Å². The van der Waals surface area contributed by atoms with E-state index >= 15 is 0 Å². The minimum absolute atomic E-state index is 0.556. The van der Waals surface area contributed by atoms with Gasteiger partial charge in [0.1, 0.15) is 5.82 Å². The van der Waals surface area contributed by atoms with Crippen LogP contribution < -0.4 is 0 Å². The summed E-state index contributed by atoms with van der Waals surface area (Å²) >= 11 is 0. The number of hydrogen-bond donors (Lipinski definition) is 1. The molecule has 1 N–H and O–H groups in total. The number of nitrogens with zero attached hydrogens (tertiary/aromatic N) is 1. The maximum Gasteiger partial charge on any atom is 0.109 e. The van der Waals surface area contributed by atoms with Crippen LogP contribution >= 0.6 is 0 Å². The van der Waals surface area contributed by atoms with Crippen molar-refractivity contribution >= 4 is 0 Å². The van der Waals surface area contributed by atoms with Crippen LogP contribution in [0.15, 0.2) is 0 Å². The Morgan fingerprint density at radius 2 is 1.86 bits per heavy atom.